The third-order valence-electron chi connectivity index (χ3n) is 3.71. The number of nitrogens with zero attached hydrogens (tertiary/aromatic N) is 2. The van der Waals surface area contributed by atoms with Gasteiger partial charge in [-0.1, -0.05) is 0 Å². The highest BCUT2D eigenvalue weighted by Gasteiger charge is 2.37. The Kier molecular flexibility index (Phi) is 3.96. The minimum Gasteiger partial charge on any atom is -0.340 e. The first-order chi connectivity index (χ1) is 8.09. The third-order valence-corrected chi connectivity index (χ3v) is 3.71. The molecule has 98 valence electrons. The quantitative estimate of drug-likeness (QED) is 0.607. The van der Waals surface area contributed by atoms with Gasteiger partial charge in [-0.25, -0.2) is 4.39 Å². The van der Waals surface area contributed by atoms with Crippen molar-refractivity contribution < 1.29 is 9.18 Å². The number of rotatable bonds is 1. The summed E-state index contributed by atoms with van der Waals surface area (Å²) in [6, 6.07) is -0.368. The van der Waals surface area contributed by atoms with E-state index in [1.807, 2.05) is 0 Å². The summed E-state index contributed by atoms with van der Waals surface area (Å²) in [5, 5.41) is 2.99. The van der Waals surface area contributed by atoms with Gasteiger partial charge in [0.1, 0.15) is 6.17 Å². The Morgan fingerprint density at radius 3 is 2.47 bits per heavy atom. The highest BCUT2D eigenvalue weighted by atomic mass is 19.1. The van der Waals surface area contributed by atoms with Gasteiger partial charge in [0.2, 0.25) is 5.91 Å². The van der Waals surface area contributed by atoms with Gasteiger partial charge in [0, 0.05) is 52.2 Å². The van der Waals surface area contributed by atoms with Crippen molar-refractivity contribution >= 4 is 5.91 Å². The first kappa shape index (κ1) is 12.7. The molecule has 0 aromatic carbocycles. The first-order valence-electron chi connectivity index (χ1n) is 6.19. The predicted molar refractivity (Wildman–Crippen MR) is 63.4 cm³/mol. The number of halogens is 1. The molecule has 0 radical (unpaired) electrons. The van der Waals surface area contributed by atoms with Crippen molar-refractivity contribution in [2.24, 2.45) is 5.73 Å². The Balaban J connectivity index is 1.92. The normalized spacial score (nSPS) is 35.9. The van der Waals surface area contributed by atoms with E-state index in [1.165, 1.54) is 0 Å². The van der Waals surface area contributed by atoms with Crippen LogP contribution in [0.25, 0.3) is 0 Å². The SMILES string of the molecule is CC(=O)N1CCN(C2C(N)CNCC2F)CC1. The van der Waals surface area contributed by atoms with E-state index in [4.69, 9.17) is 5.73 Å². The molecule has 0 aromatic heterocycles. The van der Waals surface area contributed by atoms with E-state index in [0.717, 1.165) is 13.1 Å². The first-order valence-corrected chi connectivity index (χ1v) is 6.19. The second-order valence-electron chi connectivity index (χ2n) is 4.87. The fourth-order valence-electron chi connectivity index (χ4n) is 2.73. The van der Waals surface area contributed by atoms with E-state index >= 15 is 0 Å². The summed E-state index contributed by atoms with van der Waals surface area (Å²) in [6.07, 6.45) is -0.914. The summed E-state index contributed by atoms with van der Waals surface area (Å²) in [5.74, 6) is 0.0936. The molecule has 2 saturated heterocycles. The van der Waals surface area contributed by atoms with Crippen LogP contribution in [0.2, 0.25) is 0 Å². The summed E-state index contributed by atoms with van der Waals surface area (Å²) < 4.78 is 13.9. The maximum Gasteiger partial charge on any atom is 0.219 e. The van der Waals surface area contributed by atoms with Crippen LogP contribution in [0, 0.1) is 0 Å². The van der Waals surface area contributed by atoms with Crippen molar-refractivity contribution in [2.75, 3.05) is 39.3 Å². The summed E-state index contributed by atoms with van der Waals surface area (Å²) in [5.41, 5.74) is 5.97. The number of piperazine rings is 1. The molecule has 0 aliphatic carbocycles. The molecule has 2 aliphatic rings. The Bertz CT molecular complexity index is 271. The maximum atomic E-state index is 13.9. The highest BCUT2D eigenvalue weighted by molar-refractivity contribution is 5.73. The maximum absolute atomic E-state index is 13.9. The van der Waals surface area contributed by atoms with Gasteiger partial charge >= 0.3 is 0 Å². The van der Waals surface area contributed by atoms with Crippen molar-refractivity contribution in [1.82, 2.24) is 15.1 Å². The molecule has 6 heteroatoms. The zero-order chi connectivity index (χ0) is 12.4. The molecule has 17 heavy (non-hydrogen) atoms. The molecule has 2 rings (SSSR count). The predicted octanol–water partition coefficient (Wildman–Crippen LogP) is -1.21. The van der Waals surface area contributed by atoms with Crippen LogP contribution in [-0.2, 0) is 4.79 Å². The lowest BCUT2D eigenvalue weighted by atomic mass is 9.97. The molecule has 2 fully saturated rings. The number of piperidine rings is 1. The average Bonchev–Trinajstić information content (AvgIpc) is 2.29. The van der Waals surface area contributed by atoms with Gasteiger partial charge in [-0.15, -0.1) is 0 Å². The molecule has 3 atom stereocenters. The molecule has 0 aromatic rings. The van der Waals surface area contributed by atoms with Crippen LogP contribution in [0.4, 0.5) is 4.39 Å². The summed E-state index contributed by atoms with van der Waals surface area (Å²) >= 11 is 0. The molecule has 3 unspecified atom stereocenters. The molecule has 2 heterocycles. The number of hydrogen-bond acceptors (Lipinski definition) is 4. The standard InChI is InChI=1S/C11H21FN4O/c1-8(17)15-2-4-16(5-3-15)11-9(12)6-14-7-10(11)13/h9-11,14H,2-7,13H2,1H3. The number of nitrogens with two attached hydrogens (primary N) is 1. The topological polar surface area (TPSA) is 61.6 Å². The van der Waals surface area contributed by atoms with Gasteiger partial charge in [0.25, 0.3) is 0 Å². The molecule has 5 nitrogen and oxygen atoms in total. The second-order valence-corrected chi connectivity index (χ2v) is 4.87. The lowest BCUT2D eigenvalue weighted by Crippen LogP contribution is -2.65. The van der Waals surface area contributed by atoms with Crippen LogP contribution >= 0.6 is 0 Å². The van der Waals surface area contributed by atoms with Gasteiger partial charge in [-0.05, 0) is 0 Å². The fraction of sp³-hybridized carbons (Fsp3) is 0.909. The Labute approximate surface area is 101 Å². The minimum absolute atomic E-state index is 0.0936. The number of amides is 1. The monoisotopic (exact) mass is 244 g/mol. The lowest BCUT2D eigenvalue weighted by Gasteiger charge is -2.44. The summed E-state index contributed by atoms with van der Waals surface area (Å²) in [4.78, 5) is 15.1. The Morgan fingerprint density at radius 1 is 1.29 bits per heavy atom. The van der Waals surface area contributed by atoms with E-state index in [1.54, 1.807) is 11.8 Å². The smallest absolute Gasteiger partial charge is 0.219 e. The largest absolute Gasteiger partial charge is 0.340 e. The molecule has 3 N–H and O–H groups in total. The number of hydrogen-bond donors (Lipinski definition) is 2. The molecule has 2 aliphatic heterocycles. The number of alkyl halides is 1. The molecular formula is C11H21FN4O. The van der Waals surface area contributed by atoms with E-state index in [9.17, 15) is 9.18 Å². The van der Waals surface area contributed by atoms with Crippen LogP contribution in [-0.4, -0.2) is 73.2 Å². The van der Waals surface area contributed by atoms with Crippen molar-refractivity contribution in [1.29, 1.82) is 0 Å². The molecular weight excluding hydrogens is 223 g/mol. The van der Waals surface area contributed by atoms with E-state index < -0.39 is 6.17 Å². The van der Waals surface area contributed by atoms with Crippen molar-refractivity contribution in [3.8, 4) is 0 Å². The summed E-state index contributed by atoms with van der Waals surface area (Å²) in [6.45, 7) is 5.42. The van der Waals surface area contributed by atoms with Crippen molar-refractivity contribution in [2.45, 2.75) is 25.2 Å². The van der Waals surface area contributed by atoms with Crippen LogP contribution in [0.3, 0.4) is 0 Å². The fourth-order valence-corrected chi connectivity index (χ4v) is 2.73. The third kappa shape index (κ3) is 2.75. The van der Waals surface area contributed by atoms with Gasteiger partial charge in [0.05, 0.1) is 6.04 Å². The van der Waals surface area contributed by atoms with E-state index in [-0.39, 0.29) is 18.0 Å². The number of nitrogens with one attached hydrogen (secondary N) is 1. The number of carbonyl (C=O) groups excluding carboxylic acids is 1. The van der Waals surface area contributed by atoms with Crippen LogP contribution < -0.4 is 11.1 Å². The van der Waals surface area contributed by atoms with E-state index in [0.29, 0.717) is 26.2 Å². The van der Waals surface area contributed by atoms with Crippen LogP contribution in [0.1, 0.15) is 6.92 Å². The van der Waals surface area contributed by atoms with Crippen LogP contribution in [0.5, 0.6) is 0 Å². The highest BCUT2D eigenvalue weighted by Crippen LogP contribution is 2.17. The van der Waals surface area contributed by atoms with Crippen molar-refractivity contribution in [3.05, 3.63) is 0 Å². The van der Waals surface area contributed by atoms with Crippen molar-refractivity contribution in [3.63, 3.8) is 0 Å². The molecule has 0 spiro atoms. The second kappa shape index (κ2) is 5.29. The molecule has 0 saturated carbocycles. The number of carbonyl (C=O) groups is 1. The molecule has 0 bridgehead atoms. The minimum atomic E-state index is -0.914. The molecule has 1 amide bonds. The average molecular weight is 244 g/mol. The van der Waals surface area contributed by atoms with Gasteiger partial charge in [-0.3, -0.25) is 9.69 Å². The lowest BCUT2D eigenvalue weighted by molar-refractivity contribution is -0.131. The van der Waals surface area contributed by atoms with Crippen LogP contribution in [0.15, 0.2) is 0 Å². The summed E-state index contributed by atoms with van der Waals surface area (Å²) in [7, 11) is 0. The zero-order valence-electron chi connectivity index (χ0n) is 10.2. The van der Waals surface area contributed by atoms with Gasteiger partial charge in [-0.2, -0.15) is 0 Å². The van der Waals surface area contributed by atoms with Gasteiger partial charge in [0.15, 0.2) is 0 Å². The zero-order valence-corrected chi connectivity index (χ0v) is 10.2. The van der Waals surface area contributed by atoms with Gasteiger partial charge < -0.3 is 16.0 Å². The Morgan fingerprint density at radius 2 is 1.94 bits per heavy atom. The van der Waals surface area contributed by atoms with E-state index in [2.05, 4.69) is 10.2 Å². The Hall–Kier alpha value is -0.720.